The van der Waals surface area contributed by atoms with Crippen molar-refractivity contribution in [3.8, 4) is 0 Å². The lowest BCUT2D eigenvalue weighted by molar-refractivity contribution is -0.161. The number of rotatable bonds is 28. The molecular formula is C33H61NO6. The molecule has 0 saturated heterocycles. The highest BCUT2D eigenvalue weighted by molar-refractivity contribution is 5.89. The fraction of sp³-hybridized carbons (Fsp3) is 0.879. The molecule has 0 aliphatic heterocycles. The zero-order chi connectivity index (χ0) is 29.7. The highest BCUT2D eigenvalue weighted by atomic mass is 16.6. The first kappa shape index (κ1) is 38.2. The summed E-state index contributed by atoms with van der Waals surface area (Å²) in [7, 11) is 0. The molecule has 1 N–H and O–H groups in total. The number of hydrogen-bond donors (Lipinski definition) is 1. The first-order valence-electron chi connectivity index (χ1n) is 16.7. The van der Waals surface area contributed by atoms with E-state index in [0.29, 0.717) is 19.4 Å². The minimum absolute atomic E-state index is 0.0857. The molecule has 1 atom stereocenters. The second-order valence-corrected chi connectivity index (χ2v) is 11.2. The van der Waals surface area contributed by atoms with Gasteiger partial charge >= 0.3 is 23.9 Å². The van der Waals surface area contributed by atoms with Crippen LogP contribution in [0.25, 0.3) is 0 Å². The number of carbonyl (C=O) groups is 4. The average Bonchev–Trinajstić information content (AvgIpc) is 2.92. The average molecular weight is 568 g/mol. The summed E-state index contributed by atoms with van der Waals surface area (Å²) in [5, 5.41) is 3.18. The van der Waals surface area contributed by atoms with E-state index < -0.39 is 29.9 Å². The molecule has 234 valence electrons. The highest BCUT2D eigenvalue weighted by Gasteiger charge is 2.24. The third kappa shape index (κ3) is 25.2. The Kier molecular flexibility index (Phi) is 27.5. The van der Waals surface area contributed by atoms with Crippen molar-refractivity contribution in [2.75, 3.05) is 6.54 Å². The summed E-state index contributed by atoms with van der Waals surface area (Å²) in [6, 6.07) is -0.778. The minimum atomic E-state index is -0.778. The molecule has 0 saturated carbocycles. The van der Waals surface area contributed by atoms with Gasteiger partial charge in [0.2, 0.25) is 0 Å². The number of ether oxygens (including phenoxy) is 2. The van der Waals surface area contributed by atoms with Crippen LogP contribution in [0.4, 0.5) is 0 Å². The summed E-state index contributed by atoms with van der Waals surface area (Å²) in [6.45, 7) is 7.10. The van der Waals surface area contributed by atoms with E-state index in [4.69, 9.17) is 9.47 Å². The monoisotopic (exact) mass is 567 g/mol. The Morgan fingerprint density at radius 2 is 0.850 bits per heavy atom. The van der Waals surface area contributed by atoms with Crippen LogP contribution in [-0.2, 0) is 28.7 Å². The maximum atomic E-state index is 12.7. The lowest BCUT2D eigenvalue weighted by Crippen LogP contribution is -2.40. The molecule has 0 heterocycles. The molecule has 0 spiro atoms. The standard InChI is InChI=1S/C33H61NO6/c1-4-7-10-13-14-15-16-17-20-23-28-34-29(33(38)40-31(36)25-22-19-12-9-6-3)26-27-32(37)39-30(35)24-21-18-11-8-5-2/h29,34H,4-28H2,1-3H3/t29-/m0/s1. The Labute approximate surface area is 245 Å². The van der Waals surface area contributed by atoms with Gasteiger partial charge < -0.3 is 14.8 Å². The molecule has 0 amide bonds. The van der Waals surface area contributed by atoms with Crippen LogP contribution < -0.4 is 5.32 Å². The quantitative estimate of drug-likeness (QED) is 0.0575. The first-order valence-corrected chi connectivity index (χ1v) is 16.7. The molecule has 0 aromatic carbocycles. The van der Waals surface area contributed by atoms with Gasteiger partial charge in [-0.15, -0.1) is 0 Å². The molecule has 40 heavy (non-hydrogen) atoms. The first-order chi connectivity index (χ1) is 19.4. The van der Waals surface area contributed by atoms with Crippen LogP contribution >= 0.6 is 0 Å². The van der Waals surface area contributed by atoms with Gasteiger partial charge in [-0.1, -0.05) is 130 Å². The number of nitrogens with one attached hydrogen (secondary N) is 1. The van der Waals surface area contributed by atoms with Gasteiger partial charge in [0, 0.05) is 19.3 Å². The van der Waals surface area contributed by atoms with Crippen molar-refractivity contribution in [1.82, 2.24) is 5.32 Å². The summed E-state index contributed by atoms with van der Waals surface area (Å²) in [4.78, 5) is 49.1. The maximum absolute atomic E-state index is 12.7. The number of hydrogen-bond acceptors (Lipinski definition) is 7. The van der Waals surface area contributed by atoms with Crippen LogP contribution in [0.15, 0.2) is 0 Å². The van der Waals surface area contributed by atoms with Gasteiger partial charge in [-0.25, -0.2) is 4.79 Å². The topological polar surface area (TPSA) is 98.8 Å². The Morgan fingerprint density at radius 1 is 0.475 bits per heavy atom. The van der Waals surface area contributed by atoms with Crippen molar-refractivity contribution >= 4 is 23.9 Å². The van der Waals surface area contributed by atoms with Crippen LogP contribution in [-0.4, -0.2) is 36.5 Å². The largest absolute Gasteiger partial charge is 0.393 e. The molecule has 7 heteroatoms. The number of unbranched alkanes of at least 4 members (excludes halogenated alkanes) is 17. The predicted octanol–water partition coefficient (Wildman–Crippen LogP) is 8.51. The summed E-state index contributed by atoms with van der Waals surface area (Å²) in [5.74, 6) is -2.33. The van der Waals surface area contributed by atoms with Crippen LogP contribution in [0.1, 0.15) is 175 Å². The van der Waals surface area contributed by atoms with E-state index in [1.54, 1.807) is 0 Å². The van der Waals surface area contributed by atoms with E-state index in [-0.39, 0.29) is 25.7 Å². The molecule has 0 aromatic rings. The molecule has 0 rings (SSSR count). The molecular weight excluding hydrogens is 506 g/mol. The second-order valence-electron chi connectivity index (χ2n) is 11.2. The lowest BCUT2D eigenvalue weighted by atomic mass is 10.1. The van der Waals surface area contributed by atoms with Crippen LogP contribution in [0.3, 0.4) is 0 Å². The fourth-order valence-corrected chi connectivity index (χ4v) is 4.66. The summed E-state index contributed by atoms with van der Waals surface area (Å²) < 4.78 is 10.0. The van der Waals surface area contributed by atoms with Crippen LogP contribution in [0.2, 0.25) is 0 Å². The summed E-state index contributed by atoms with van der Waals surface area (Å²) >= 11 is 0. The normalized spacial score (nSPS) is 11.8. The van der Waals surface area contributed by atoms with Gasteiger partial charge in [-0.05, 0) is 32.2 Å². The van der Waals surface area contributed by atoms with Crippen molar-refractivity contribution in [1.29, 1.82) is 0 Å². The van der Waals surface area contributed by atoms with Gasteiger partial charge in [-0.2, -0.15) is 0 Å². The Morgan fingerprint density at radius 3 is 1.32 bits per heavy atom. The van der Waals surface area contributed by atoms with Crippen molar-refractivity contribution in [3.63, 3.8) is 0 Å². The lowest BCUT2D eigenvalue weighted by Gasteiger charge is -2.17. The van der Waals surface area contributed by atoms with Gasteiger partial charge in [0.15, 0.2) is 0 Å². The van der Waals surface area contributed by atoms with Crippen LogP contribution in [0, 0.1) is 0 Å². The number of esters is 4. The van der Waals surface area contributed by atoms with E-state index in [0.717, 1.165) is 70.6 Å². The SMILES string of the molecule is CCCCCCCCCCCCN[C@@H](CCC(=O)OC(=O)CCCCCCC)C(=O)OC(=O)CCCCCCC. The molecule has 7 nitrogen and oxygen atoms in total. The van der Waals surface area contributed by atoms with E-state index in [1.807, 2.05) is 0 Å². The zero-order valence-corrected chi connectivity index (χ0v) is 26.2. The van der Waals surface area contributed by atoms with Gasteiger partial charge in [-0.3, -0.25) is 14.4 Å². The van der Waals surface area contributed by atoms with Crippen molar-refractivity contribution in [2.45, 2.75) is 181 Å². The van der Waals surface area contributed by atoms with Crippen LogP contribution in [0.5, 0.6) is 0 Å². The third-order valence-electron chi connectivity index (χ3n) is 7.25. The van der Waals surface area contributed by atoms with E-state index in [1.165, 1.54) is 44.9 Å². The molecule has 0 fully saturated rings. The van der Waals surface area contributed by atoms with Gasteiger partial charge in [0.25, 0.3) is 0 Å². The zero-order valence-electron chi connectivity index (χ0n) is 26.2. The number of carbonyl (C=O) groups excluding carboxylic acids is 4. The Balaban J connectivity index is 4.47. The maximum Gasteiger partial charge on any atom is 0.330 e. The van der Waals surface area contributed by atoms with Crippen molar-refractivity contribution in [2.24, 2.45) is 0 Å². The Bertz CT molecular complexity index is 651. The predicted molar refractivity (Wildman–Crippen MR) is 162 cm³/mol. The molecule has 0 unspecified atom stereocenters. The summed E-state index contributed by atoms with van der Waals surface area (Å²) in [5.41, 5.74) is 0. The van der Waals surface area contributed by atoms with E-state index >= 15 is 0 Å². The molecule has 0 bridgehead atoms. The highest BCUT2D eigenvalue weighted by Crippen LogP contribution is 2.12. The third-order valence-corrected chi connectivity index (χ3v) is 7.25. The minimum Gasteiger partial charge on any atom is -0.393 e. The molecule has 0 aliphatic carbocycles. The summed E-state index contributed by atoms with van der Waals surface area (Å²) in [6.07, 6.45) is 22.6. The van der Waals surface area contributed by atoms with Crippen molar-refractivity contribution in [3.05, 3.63) is 0 Å². The smallest absolute Gasteiger partial charge is 0.330 e. The fourth-order valence-electron chi connectivity index (χ4n) is 4.66. The van der Waals surface area contributed by atoms with Gasteiger partial charge in [0.1, 0.15) is 6.04 Å². The van der Waals surface area contributed by atoms with E-state index in [2.05, 4.69) is 26.1 Å². The van der Waals surface area contributed by atoms with Crippen molar-refractivity contribution < 1.29 is 28.7 Å². The molecule has 0 aromatic heterocycles. The molecule has 0 radical (unpaired) electrons. The Hall–Kier alpha value is -1.76. The van der Waals surface area contributed by atoms with E-state index in [9.17, 15) is 19.2 Å². The van der Waals surface area contributed by atoms with Gasteiger partial charge in [0.05, 0.1) is 0 Å². The molecule has 0 aliphatic rings. The second kappa shape index (κ2) is 28.8.